The van der Waals surface area contributed by atoms with E-state index >= 15 is 0 Å². The molecule has 100 valence electrons. The first-order chi connectivity index (χ1) is 8.67. The van der Waals surface area contributed by atoms with E-state index in [0.717, 1.165) is 30.5 Å². The second-order valence-corrected chi connectivity index (χ2v) is 5.06. The Kier molecular flexibility index (Phi) is 6.66. The van der Waals surface area contributed by atoms with Crippen molar-refractivity contribution in [2.75, 3.05) is 6.54 Å². The van der Waals surface area contributed by atoms with Crippen LogP contribution in [0.2, 0.25) is 0 Å². The van der Waals surface area contributed by atoms with E-state index in [4.69, 9.17) is 5.73 Å². The summed E-state index contributed by atoms with van der Waals surface area (Å²) in [5, 5.41) is 0. The summed E-state index contributed by atoms with van der Waals surface area (Å²) in [6, 6.07) is 7.85. The lowest BCUT2D eigenvalue weighted by Crippen LogP contribution is -2.11. The third-order valence-electron chi connectivity index (χ3n) is 3.39. The molecule has 1 unspecified atom stereocenters. The fraction of sp³-hybridized carbons (Fsp3) is 0.562. The summed E-state index contributed by atoms with van der Waals surface area (Å²) in [4.78, 5) is 12.1. The molecule has 18 heavy (non-hydrogen) atoms. The predicted molar refractivity (Wildman–Crippen MR) is 76.8 cm³/mol. The van der Waals surface area contributed by atoms with Gasteiger partial charge in [0.05, 0.1) is 0 Å². The Bertz CT molecular complexity index is 367. The zero-order valence-electron chi connectivity index (χ0n) is 11.6. The molecule has 0 aliphatic heterocycles. The van der Waals surface area contributed by atoms with E-state index in [-0.39, 0.29) is 5.78 Å². The second kappa shape index (κ2) is 8.04. The van der Waals surface area contributed by atoms with E-state index < -0.39 is 0 Å². The first-order valence-corrected chi connectivity index (χ1v) is 6.97. The van der Waals surface area contributed by atoms with Gasteiger partial charge in [0.15, 0.2) is 5.78 Å². The highest BCUT2D eigenvalue weighted by Crippen LogP contribution is 2.19. The number of aryl methyl sites for hydroxylation is 1. The molecule has 0 radical (unpaired) electrons. The van der Waals surface area contributed by atoms with Gasteiger partial charge in [-0.2, -0.15) is 0 Å². The summed E-state index contributed by atoms with van der Waals surface area (Å²) >= 11 is 0. The van der Waals surface area contributed by atoms with E-state index in [1.165, 1.54) is 12.8 Å². The van der Waals surface area contributed by atoms with Gasteiger partial charge in [-0.25, -0.2) is 0 Å². The zero-order valence-corrected chi connectivity index (χ0v) is 11.6. The Morgan fingerprint density at radius 2 is 2.06 bits per heavy atom. The number of hydrogen-bond acceptors (Lipinski definition) is 2. The average Bonchev–Trinajstić information content (AvgIpc) is 2.36. The summed E-state index contributed by atoms with van der Waals surface area (Å²) in [5.41, 5.74) is 7.60. The van der Waals surface area contributed by atoms with E-state index in [1.54, 1.807) is 0 Å². The average molecular weight is 247 g/mol. The first-order valence-electron chi connectivity index (χ1n) is 6.97. The summed E-state index contributed by atoms with van der Waals surface area (Å²) in [6.07, 6.45) is 5.00. The molecule has 2 N–H and O–H groups in total. The van der Waals surface area contributed by atoms with Crippen molar-refractivity contribution in [3.8, 4) is 0 Å². The van der Waals surface area contributed by atoms with Crippen LogP contribution >= 0.6 is 0 Å². The highest BCUT2D eigenvalue weighted by atomic mass is 16.1. The molecule has 2 nitrogen and oxygen atoms in total. The molecule has 0 aliphatic rings. The minimum atomic E-state index is 0.261. The Balaban J connectivity index is 2.49. The highest BCUT2D eigenvalue weighted by molar-refractivity contribution is 5.96. The van der Waals surface area contributed by atoms with Crippen molar-refractivity contribution in [2.24, 2.45) is 11.7 Å². The third-order valence-corrected chi connectivity index (χ3v) is 3.39. The number of carbonyl (C=O) groups excluding carboxylic acids is 1. The maximum atomic E-state index is 12.1. The molecule has 0 bridgehead atoms. The molecule has 0 fully saturated rings. The first kappa shape index (κ1) is 14.9. The number of Topliss-reactive ketones (excluding diaryl/α,β-unsaturated/α-hetero) is 1. The molecule has 1 atom stereocenters. The van der Waals surface area contributed by atoms with Gasteiger partial charge in [-0.05, 0) is 38.3 Å². The maximum Gasteiger partial charge on any atom is 0.162 e. The molecule has 0 amide bonds. The molecule has 0 heterocycles. The quantitative estimate of drug-likeness (QED) is 0.711. The lowest BCUT2D eigenvalue weighted by Gasteiger charge is -2.14. The van der Waals surface area contributed by atoms with Crippen molar-refractivity contribution in [1.29, 1.82) is 0 Å². The fourth-order valence-corrected chi connectivity index (χ4v) is 2.38. The van der Waals surface area contributed by atoms with Crippen LogP contribution in [0.5, 0.6) is 0 Å². The van der Waals surface area contributed by atoms with Gasteiger partial charge in [0.2, 0.25) is 0 Å². The van der Waals surface area contributed by atoms with Crippen LogP contribution in [0.3, 0.4) is 0 Å². The van der Waals surface area contributed by atoms with Crippen LogP contribution < -0.4 is 5.73 Å². The largest absolute Gasteiger partial charge is 0.330 e. The Hall–Kier alpha value is -1.15. The second-order valence-electron chi connectivity index (χ2n) is 5.06. The summed E-state index contributed by atoms with van der Waals surface area (Å²) in [5.74, 6) is 0.866. The molecule has 1 aromatic carbocycles. The van der Waals surface area contributed by atoms with E-state index in [2.05, 4.69) is 6.92 Å². The van der Waals surface area contributed by atoms with E-state index in [9.17, 15) is 4.79 Å². The van der Waals surface area contributed by atoms with Gasteiger partial charge in [0.25, 0.3) is 0 Å². The normalized spacial score (nSPS) is 12.4. The maximum absolute atomic E-state index is 12.1. The van der Waals surface area contributed by atoms with Crippen molar-refractivity contribution in [2.45, 2.75) is 46.0 Å². The molecular formula is C16H25NO. The third kappa shape index (κ3) is 5.01. The Morgan fingerprint density at radius 3 is 2.67 bits per heavy atom. The molecule has 0 saturated heterocycles. The lowest BCUT2D eigenvalue weighted by molar-refractivity contribution is 0.0972. The number of ketones is 1. The topological polar surface area (TPSA) is 43.1 Å². The van der Waals surface area contributed by atoms with Crippen LogP contribution in [0.25, 0.3) is 0 Å². The number of hydrogen-bond donors (Lipinski definition) is 1. The fourth-order valence-electron chi connectivity index (χ4n) is 2.38. The SMILES string of the molecule is CCCC(CCN)CCC(=O)c1cccc(C)c1. The van der Waals surface area contributed by atoms with Gasteiger partial charge < -0.3 is 5.73 Å². The van der Waals surface area contributed by atoms with Gasteiger partial charge >= 0.3 is 0 Å². The Morgan fingerprint density at radius 1 is 1.28 bits per heavy atom. The molecule has 0 spiro atoms. The molecule has 2 heteroatoms. The van der Waals surface area contributed by atoms with Crippen molar-refractivity contribution in [3.05, 3.63) is 35.4 Å². The van der Waals surface area contributed by atoms with Gasteiger partial charge in [-0.15, -0.1) is 0 Å². The number of benzene rings is 1. The van der Waals surface area contributed by atoms with Crippen LogP contribution in [0.4, 0.5) is 0 Å². The predicted octanol–water partition coefficient (Wildman–Crippen LogP) is 3.72. The minimum absolute atomic E-state index is 0.261. The number of carbonyl (C=O) groups is 1. The highest BCUT2D eigenvalue weighted by Gasteiger charge is 2.11. The van der Waals surface area contributed by atoms with Crippen molar-refractivity contribution < 1.29 is 4.79 Å². The van der Waals surface area contributed by atoms with Crippen LogP contribution in [0, 0.1) is 12.8 Å². The van der Waals surface area contributed by atoms with Crippen molar-refractivity contribution in [1.82, 2.24) is 0 Å². The molecular weight excluding hydrogens is 222 g/mol. The van der Waals surface area contributed by atoms with Gasteiger partial charge in [-0.3, -0.25) is 4.79 Å². The zero-order chi connectivity index (χ0) is 13.4. The molecule has 1 rings (SSSR count). The standard InChI is InChI=1S/C16H25NO/c1-3-5-14(10-11-17)8-9-16(18)15-7-4-6-13(2)12-15/h4,6-7,12,14H,3,5,8-11,17H2,1-2H3. The molecule has 0 saturated carbocycles. The van der Waals surface area contributed by atoms with Crippen LogP contribution in [-0.4, -0.2) is 12.3 Å². The van der Waals surface area contributed by atoms with E-state index in [1.807, 2.05) is 31.2 Å². The molecule has 1 aromatic rings. The monoisotopic (exact) mass is 247 g/mol. The van der Waals surface area contributed by atoms with Gasteiger partial charge in [0.1, 0.15) is 0 Å². The molecule has 0 aromatic heterocycles. The van der Waals surface area contributed by atoms with E-state index in [0.29, 0.717) is 12.3 Å². The van der Waals surface area contributed by atoms with Crippen molar-refractivity contribution in [3.63, 3.8) is 0 Å². The summed E-state index contributed by atoms with van der Waals surface area (Å²) in [7, 11) is 0. The number of rotatable bonds is 8. The van der Waals surface area contributed by atoms with Gasteiger partial charge in [-0.1, -0.05) is 43.5 Å². The van der Waals surface area contributed by atoms with Crippen LogP contribution in [0.1, 0.15) is 54.9 Å². The van der Waals surface area contributed by atoms with Crippen LogP contribution in [-0.2, 0) is 0 Å². The summed E-state index contributed by atoms with van der Waals surface area (Å²) in [6.45, 7) is 4.93. The van der Waals surface area contributed by atoms with Gasteiger partial charge in [0, 0.05) is 12.0 Å². The minimum Gasteiger partial charge on any atom is -0.330 e. The lowest BCUT2D eigenvalue weighted by atomic mass is 9.92. The smallest absolute Gasteiger partial charge is 0.162 e. The van der Waals surface area contributed by atoms with Crippen molar-refractivity contribution >= 4 is 5.78 Å². The molecule has 0 aliphatic carbocycles. The van der Waals surface area contributed by atoms with Crippen LogP contribution in [0.15, 0.2) is 24.3 Å². The Labute approximate surface area is 111 Å². The number of nitrogens with two attached hydrogens (primary N) is 1. The summed E-state index contributed by atoms with van der Waals surface area (Å²) < 4.78 is 0.